The largest absolute Gasteiger partial charge is 0.467 e. The van der Waals surface area contributed by atoms with Gasteiger partial charge in [0, 0.05) is 5.56 Å². The van der Waals surface area contributed by atoms with Crippen LogP contribution in [0.2, 0.25) is 0 Å². The van der Waals surface area contributed by atoms with Gasteiger partial charge in [-0.3, -0.25) is 4.79 Å². The summed E-state index contributed by atoms with van der Waals surface area (Å²) < 4.78 is 4.27. The number of ether oxygens (including phenoxy) is 1. The number of hydrogen-bond acceptors (Lipinski definition) is 4. The van der Waals surface area contributed by atoms with Crippen LogP contribution in [0.1, 0.15) is 15.9 Å². The fraction of sp³-hybridized carbons (Fsp3) is 0.273. The van der Waals surface area contributed by atoms with E-state index in [1.54, 1.807) is 24.3 Å². The van der Waals surface area contributed by atoms with Crippen molar-refractivity contribution in [3.63, 3.8) is 0 Å². The fourth-order valence-electron chi connectivity index (χ4n) is 1.09. The summed E-state index contributed by atoms with van der Waals surface area (Å²) in [7, 11) is 1.12. The number of carbonyl (C=O) groups excluding carboxylic acids is 2. The number of aryl methyl sites for hydroxylation is 1. The number of carbonyl (C=O) groups is 2. The highest BCUT2D eigenvalue weighted by molar-refractivity contribution is 6.10. The van der Waals surface area contributed by atoms with Crippen LogP contribution >= 0.6 is 0 Å². The van der Waals surface area contributed by atoms with E-state index in [0.29, 0.717) is 5.56 Å². The van der Waals surface area contributed by atoms with Crippen LogP contribution < -0.4 is 0 Å². The van der Waals surface area contributed by atoms with E-state index in [1.165, 1.54) is 0 Å². The molecule has 1 aromatic carbocycles. The van der Waals surface area contributed by atoms with Crippen molar-refractivity contribution in [3.8, 4) is 0 Å². The molecule has 4 nitrogen and oxygen atoms in total. The second-order valence-corrected chi connectivity index (χ2v) is 3.16. The Balaban J connectivity index is 2.85. The zero-order valence-corrected chi connectivity index (χ0v) is 8.56. The van der Waals surface area contributed by atoms with Gasteiger partial charge in [-0.05, 0) is 6.92 Å². The molecule has 4 heteroatoms. The van der Waals surface area contributed by atoms with Gasteiger partial charge in [0.2, 0.25) is 11.9 Å². The predicted octanol–water partition coefficient (Wildman–Crippen LogP) is 0.712. The maximum absolute atomic E-state index is 11.5. The first-order valence-corrected chi connectivity index (χ1v) is 4.43. The first-order chi connectivity index (χ1) is 7.06. The maximum Gasteiger partial charge on any atom is 0.342 e. The van der Waals surface area contributed by atoms with Gasteiger partial charge in [0.05, 0.1) is 7.11 Å². The van der Waals surface area contributed by atoms with Crippen molar-refractivity contribution in [2.24, 2.45) is 0 Å². The molecule has 15 heavy (non-hydrogen) atoms. The first-order valence-electron chi connectivity index (χ1n) is 4.43. The SMILES string of the molecule is COC(=O)C(O)C(=O)c1ccc(C)cc1. The third-order valence-corrected chi connectivity index (χ3v) is 2.01. The maximum atomic E-state index is 11.5. The zero-order chi connectivity index (χ0) is 11.4. The standard InChI is InChI=1S/C11H12O4/c1-7-3-5-8(6-4-7)9(12)10(13)11(14)15-2/h3-6,10,13H,1-2H3. The van der Waals surface area contributed by atoms with E-state index in [1.807, 2.05) is 6.92 Å². The van der Waals surface area contributed by atoms with Crippen LogP contribution in [-0.2, 0) is 9.53 Å². The number of benzene rings is 1. The smallest absolute Gasteiger partial charge is 0.342 e. The van der Waals surface area contributed by atoms with Crippen LogP contribution in [0.25, 0.3) is 0 Å². The number of Topliss-reactive ketones (excluding diaryl/α,β-unsaturated/α-hetero) is 1. The molecule has 0 heterocycles. The van der Waals surface area contributed by atoms with Gasteiger partial charge in [-0.2, -0.15) is 0 Å². The third-order valence-electron chi connectivity index (χ3n) is 2.01. The van der Waals surface area contributed by atoms with Crippen molar-refractivity contribution in [2.45, 2.75) is 13.0 Å². The molecule has 0 aliphatic rings. The summed E-state index contributed by atoms with van der Waals surface area (Å²) in [6.45, 7) is 1.88. The second kappa shape index (κ2) is 4.70. The average molecular weight is 208 g/mol. The van der Waals surface area contributed by atoms with Crippen LogP contribution in [0.5, 0.6) is 0 Å². The van der Waals surface area contributed by atoms with Crippen molar-refractivity contribution in [1.82, 2.24) is 0 Å². The van der Waals surface area contributed by atoms with E-state index in [0.717, 1.165) is 12.7 Å². The van der Waals surface area contributed by atoms with Crippen molar-refractivity contribution in [1.29, 1.82) is 0 Å². The van der Waals surface area contributed by atoms with Gasteiger partial charge < -0.3 is 9.84 Å². The lowest BCUT2D eigenvalue weighted by Gasteiger charge is -2.07. The van der Waals surface area contributed by atoms with E-state index in [2.05, 4.69) is 4.74 Å². The quantitative estimate of drug-likeness (QED) is 0.451. The average Bonchev–Trinajstić information content (AvgIpc) is 2.27. The molecule has 0 aliphatic carbocycles. The lowest BCUT2D eigenvalue weighted by atomic mass is 10.1. The Bertz CT molecular complexity index is 367. The van der Waals surface area contributed by atoms with Gasteiger partial charge in [0.25, 0.3) is 0 Å². The van der Waals surface area contributed by atoms with Crippen LogP contribution in [-0.4, -0.2) is 30.1 Å². The molecule has 0 radical (unpaired) electrons. The molecule has 1 rings (SSSR count). The predicted molar refractivity (Wildman–Crippen MR) is 53.5 cm³/mol. The Labute approximate surface area is 87.5 Å². The molecular weight excluding hydrogens is 196 g/mol. The van der Waals surface area contributed by atoms with Crippen molar-refractivity contribution in [2.75, 3.05) is 7.11 Å². The van der Waals surface area contributed by atoms with Crippen molar-refractivity contribution in [3.05, 3.63) is 35.4 Å². The minimum Gasteiger partial charge on any atom is -0.467 e. The number of methoxy groups -OCH3 is 1. The van der Waals surface area contributed by atoms with Crippen molar-refractivity contribution >= 4 is 11.8 Å². The zero-order valence-electron chi connectivity index (χ0n) is 8.56. The number of hydrogen-bond donors (Lipinski definition) is 1. The normalized spacial score (nSPS) is 11.9. The van der Waals surface area contributed by atoms with E-state index in [-0.39, 0.29) is 0 Å². The van der Waals surface area contributed by atoms with Crippen LogP contribution in [0.3, 0.4) is 0 Å². The summed E-state index contributed by atoms with van der Waals surface area (Å²) in [5.41, 5.74) is 1.29. The molecule has 0 aromatic heterocycles. The van der Waals surface area contributed by atoms with E-state index in [9.17, 15) is 14.7 Å². The Morgan fingerprint density at radius 1 is 1.27 bits per heavy atom. The molecule has 0 spiro atoms. The van der Waals surface area contributed by atoms with Crippen LogP contribution in [0.15, 0.2) is 24.3 Å². The summed E-state index contributed by atoms with van der Waals surface area (Å²) in [6, 6.07) is 6.59. The molecule has 0 bridgehead atoms. The Morgan fingerprint density at radius 2 is 1.80 bits per heavy atom. The number of ketones is 1. The molecule has 1 aromatic rings. The van der Waals surface area contributed by atoms with E-state index in [4.69, 9.17) is 0 Å². The minimum absolute atomic E-state index is 0.290. The highest BCUT2D eigenvalue weighted by Crippen LogP contribution is 2.07. The monoisotopic (exact) mass is 208 g/mol. The number of esters is 1. The topological polar surface area (TPSA) is 63.6 Å². The second-order valence-electron chi connectivity index (χ2n) is 3.16. The summed E-state index contributed by atoms with van der Waals surface area (Å²) in [5.74, 6) is -1.59. The Morgan fingerprint density at radius 3 is 2.27 bits per heavy atom. The van der Waals surface area contributed by atoms with Gasteiger partial charge in [-0.1, -0.05) is 29.8 Å². The molecule has 0 aliphatic heterocycles. The van der Waals surface area contributed by atoms with Gasteiger partial charge in [-0.25, -0.2) is 4.79 Å². The number of aliphatic hydroxyl groups excluding tert-OH is 1. The number of aliphatic hydroxyl groups is 1. The van der Waals surface area contributed by atoms with Crippen molar-refractivity contribution < 1.29 is 19.4 Å². The van der Waals surface area contributed by atoms with Crippen LogP contribution in [0, 0.1) is 6.92 Å². The molecule has 80 valence electrons. The molecule has 0 saturated heterocycles. The molecular formula is C11H12O4. The third kappa shape index (κ3) is 2.63. The van der Waals surface area contributed by atoms with Gasteiger partial charge in [-0.15, -0.1) is 0 Å². The lowest BCUT2D eigenvalue weighted by molar-refractivity contribution is -0.147. The molecule has 0 saturated carbocycles. The highest BCUT2D eigenvalue weighted by Gasteiger charge is 2.25. The molecule has 1 unspecified atom stereocenters. The highest BCUT2D eigenvalue weighted by atomic mass is 16.5. The lowest BCUT2D eigenvalue weighted by Crippen LogP contribution is -2.30. The summed E-state index contributed by atoms with van der Waals surface area (Å²) in [4.78, 5) is 22.4. The van der Waals surface area contributed by atoms with Crippen LogP contribution in [0.4, 0.5) is 0 Å². The number of rotatable bonds is 3. The Kier molecular flexibility index (Phi) is 3.57. The first kappa shape index (κ1) is 11.4. The summed E-state index contributed by atoms with van der Waals surface area (Å²) in [6.07, 6.45) is -1.74. The van der Waals surface area contributed by atoms with E-state index >= 15 is 0 Å². The minimum atomic E-state index is -1.74. The molecule has 1 atom stereocenters. The molecule has 1 N–H and O–H groups in total. The summed E-state index contributed by atoms with van der Waals surface area (Å²) >= 11 is 0. The molecule has 0 fully saturated rings. The van der Waals surface area contributed by atoms with Gasteiger partial charge in [0.15, 0.2) is 0 Å². The van der Waals surface area contributed by atoms with Gasteiger partial charge in [0.1, 0.15) is 0 Å². The summed E-state index contributed by atoms with van der Waals surface area (Å²) in [5, 5.41) is 9.28. The fourth-order valence-corrected chi connectivity index (χ4v) is 1.09. The molecule has 0 amide bonds. The van der Waals surface area contributed by atoms with Gasteiger partial charge >= 0.3 is 5.97 Å². The Hall–Kier alpha value is -1.68. The van der Waals surface area contributed by atoms with E-state index < -0.39 is 17.9 Å².